The van der Waals surface area contributed by atoms with Gasteiger partial charge in [0.15, 0.2) is 0 Å². The molecule has 0 unspecified atom stereocenters. The maximum absolute atomic E-state index is 5.12. The van der Waals surface area contributed by atoms with Crippen molar-refractivity contribution in [3.05, 3.63) is 17.2 Å². The third-order valence-corrected chi connectivity index (χ3v) is 6.69. The molecule has 4 aliphatic carbocycles. The molecule has 3 heteroatoms. The van der Waals surface area contributed by atoms with Crippen molar-refractivity contribution in [1.29, 1.82) is 0 Å². The van der Waals surface area contributed by atoms with Crippen molar-refractivity contribution in [3.63, 3.8) is 0 Å². The Morgan fingerprint density at radius 1 is 1.05 bits per heavy atom. The van der Waals surface area contributed by atoms with E-state index in [4.69, 9.17) is 4.98 Å². The van der Waals surface area contributed by atoms with Crippen LogP contribution >= 0.6 is 0 Å². The molecule has 0 amide bonds. The van der Waals surface area contributed by atoms with Crippen molar-refractivity contribution >= 4 is 0 Å². The zero-order valence-corrected chi connectivity index (χ0v) is 12.4. The van der Waals surface area contributed by atoms with E-state index in [-0.39, 0.29) is 0 Å². The predicted octanol–water partition coefficient (Wildman–Crippen LogP) is 2.61. The minimum Gasteiger partial charge on any atom is -0.333 e. The second-order valence-electron chi connectivity index (χ2n) is 7.81. The summed E-state index contributed by atoms with van der Waals surface area (Å²) in [5, 5.41) is 3.50. The Morgan fingerprint density at radius 3 is 2.40 bits per heavy atom. The van der Waals surface area contributed by atoms with E-state index in [1.54, 1.807) is 6.42 Å². The molecule has 6 rings (SSSR count). The molecule has 1 N–H and O–H groups in total. The highest BCUT2D eigenvalue weighted by Gasteiger charge is 2.50. The molecule has 5 aliphatic rings. The zero-order valence-electron chi connectivity index (χ0n) is 12.4. The Kier molecular flexibility index (Phi) is 2.41. The Bertz CT molecular complexity index is 517. The fraction of sp³-hybridized carbons (Fsp3) is 0.824. The molecule has 2 heterocycles. The number of nitrogens with zero attached hydrogens (tertiary/aromatic N) is 2. The van der Waals surface area contributed by atoms with Crippen LogP contribution in [0.2, 0.25) is 0 Å². The summed E-state index contributed by atoms with van der Waals surface area (Å²) in [5.41, 5.74) is 2.84. The van der Waals surface area contributed by atoms with E-state index in [1.807, 2.05) is 0 Å². The standard InChI is InChI=1S/C17H25N3/c1-20-15-9-18-3-2-14(15)19-17(20)16-12-5-10-4-11(7-12)8-13(16)6-10/h10-13,16,18H,2-9H2,1H3. The second-order valence-corrected chi connectivity index (χ2v) is 7.81. The topological polar surface area (TPSA) is 29.9 Å². The lowest BCUT2D eigenvalue weighted by Crippen LogP contribution is -2.44. The van der Waals surface area contributed by atoms with Crippen LogP contribution in [0.5, 0.6) is 0 Å². The van der Waals surface area contributed by atoms with Crippen LogP contribution in [0.3, 0.4) is 0 Å². The molecule has 1 aromatic rings. The molecule has 108 valence electrons. The second kappa shape index (κ2) is 4.09. The van der Waals surface area contributed by atoms with Crippen LogP contribution in [0.15, 0.2) is 0 Å². The van der Waals surface area contributed by atoms with Crippen LogP contribution in [-0.4, -0.2) is 16.1 Å². The van der Waals surface area contributed by atoms with Crippen molar-refractivity contribution in [3.8, 4) is 0 Å². The molecule has 0 saturated heterocycles. The van der Waals surface area contributed by atoms with Gasteiger partial charge >= 0.3 is 0 Å². The molecule has 1 aromatic heterocycles. The zero-order chi connectivity index (χ0) is 13.3. The lowest BCUT2D eigenvalue weighted by Gasteiger charge is -2.54. The van der Waals surface area contributed by atoms with E-state index in [9.17, 15) is 0 Å². The van der Waals surface area contributed by atoms with Crippen LogP contribution in [0.1, 0.15) is 55.2 Å². The summed E-state index contributed by atoms with van der Waals surface area (Å²) in [6, 6.07) is 0. The number of nitrogens with one attached hydrogen (secondary N) is 1. The van der Waals surface area contributed by atoms with E-state index in [0.717, 1.165) is 49.1 Å². The molecule has 0 aromatic carbocycles. The Hall–Kier alpha value is -0.830. The van der Waals surface area contributed by atoms with Gasteiger partial charge in [-0.2, -0.15) is 0 Å². The van der Waals surface area contributed by atoms with Gasteiger partial charge in [0.05, 0.1) is 11.4 Å². The third kappa shape index (κ3) is 1.53. The molecule has 4 bridgehead atoms. The SMILES string of the molecule is Cn1c(C2C3CC4CC(C3)CC2C4)nc2c1CNCC2. The van der Waals surface area contributed by atoms with E-state index >= 15 is 0 Å². The maximum atomic E-state index is 5.12. The number of rotatable bonds is 1. The first kappa shape index (κ1) is 11.8. The van der Waals surface area contributed by atoms with Gasteiger partial charge in [0.2, 0.25) is 0 Å². The van der Waals surface area contributed by atoms with Crippen molar-refractivity contribution in [2.24, 2.45) is 30.7 Å². The largest absolute Gasteiger partial charge is 0.333 e. The molecule has 0 spiro atoms. The van der Waals surface area contributed by atoms with Gasteiger partial charge in [-0.05, 0) is 55.8 Å². The summed E-state index contributed by atoms with van der Waals surface area (Å²) in [4.78, 5) is 5.12. The highest BCUT2D eigenvalue weighted by atomic mass is 15.1. The van der Waals surface area contributed by atoms with Gasteiger partial charge in [-0.1, -0.05) is 0 Å². The van der Waals surface area contributed by atoms with Crippen LogP contribution in [0, 0.1) is 23.7 Å². The van der Waals surface area contributed by atoms with Crippen molar-refractivity contribution in [2.75, 3.05) is 6.54 Å². The molecule has 3 nitrogen and oxygen atoms in total. The smallest absolute Gasteiger partial charge is 0.112 e. The fourth-order valence-electron chi connectivity index (χ4n) is 6.09. The Labute approximate surface area is 121 Å². The molecule has 1 aliphatic heterocycles. The van der Waals surface area contributed by atoms with Gasteiger partial charge in [0.1, 0.15) is 5.82 Å². The molecule has 0 atom stereocenters. The van der Waals surface area contributed by atoms with Gasteiger partial charge in [-0.25, -0.2) is 4.98 Å². The quantitative estimate of drug-likeness (QED) is 0.851. The summed E-state index contributed by atoms with van der Waals surface area (Å²) < 4.78 is 2.45. The minimum absolute atomic E-state index is 0.776. The summed E-state index contributed by atoms with van der Waals surface area (Å²) in [7, 11) is 2.26. The minimum atomic E-state index is 0.776. The van der Waals surface area contributed by atoms with Crippen molar-refractivity contribution in [1.82, 2.24) is 14.9 Å². The highest BCUT2D eigenvalue weighted by Crippen LogP contribution is 2.59. The molecular formula is C17H25N3. The molecule has 4 saturated carbocycles. The first-order chi connectivity index (χ1) is 9.79. The summed E-state index contributed by atoms with van der Waals surface area (Å²) in [6.45, 7) is 2.12. The van der Waals surface area contributed by atoms with Gasteiger partial charge in [0, 0.05) is 32.5 Å². The predicted molar refractivity (Wildman–Crippen MR) is 78.4 cm³/mol. The molecule has 20 heavy (non-hydrogen) atoms. The fourth-order valence-corrected chi connectivity index (χ4v) is 6.09. The average Bonchev–Trinajstić information content (AvgIpc) is 2.76. The van der Waals surface area contributed by atoms with E-state index in [1.165, 1.54) is 42.9 Å². The molecule has 4 fully saturated rings. The normalized spacial score (nSPS) is 42.0. The third-order valence-electron chi connectivity index (χ3n) is 6.69. The van der Waals surface area contributed by atoms with E-state index in [0.29, 0.717) is 0 Å². The van der Waals surface area contributed by atoms with Crippen LogP contribution in [0.4, 0.5) is 0 Å². The average molecular weight is 271 g/mol. The molecular weight excluding hydrogens is 246 g/mol. The van der Waals surface area contributed by atoms with E-state index < -0.39 is 0 Å². The lowest BCUT2D eigenvalue weighted by molar-refractivity contribution is -0.00654. The van der Waals surface area contributed by atoms with Crippen LogP contribution in [-0.2, 0) is 20.0 Å². The highest BCUT2D eigenvalue weighted by molar-refractivity contribution is 5.24. The van der Waals surface area contributed by atoms with Crippen LogP contribution < -0.4 is 5.32 Å². The summed E-state index contributed by atoms with van der Waals surface area (Å²) in [6.07, 6.45) is 8.64. The number of imidazole rings is 1. The van der Waals surface area contributed by atoms with Crippen molar-refractivity contribution in [2.45, 2.75) is 51.0 Å². The lowest BCUT2D eigenvalue weighted by atomic mass is 9.51. The van der Waals surface area contributed by atoms with Gasteiger partial charge in [-0.3, -0.25) is 0 Å². The molecule has 0 radical (unpaired) electrons. The number of hydrogen-bond donors (Lipinski definition) is 1. The van der Waals surface area contributed by atoms with E-state index in [2.05, 4.69) is 16.9 Å². The van der Waals surface area contributed by atoms with Crippen LogP contribution in [0.25, 0.3) is 0 Å². The number of aromatic nitrogens is 2. The van der Waals surface area contributed by atoms with Gasteiger partial charge in [-0.15, -0.1) is 0 Å². The Balaban J connectivity index is 1.55. The number of fused-ring (bicyclic) bond motifs is 1. The van der Waals surface area contributed by atoms with Crippen molar-refractivity contribution < 1.29 is 0 Å². The first-order valence-electron chi connectivity index (χ1n) is 8.54. The summed E-state index contributed by atoms with van der Waals surface area (Å²) in [5.74, 6) is 6.23. The maximum Gasteiger partial charge on any atom is 0.112 e. The number of hydrogen-bond acceptors (Lipinski definition) is 2. The van der Waals surface area contributed by atoms with Gasteiger partial charge < -0.3 is 9.88 Å². The Morgan fingerprint density at radius 2 is 1.75 bits per heavy atom. The summed E-state index contributed by atoms with van der Waals surface area (Å²) >= 11 is 0. The monoisotopic (exact) mass is 271 g/mol. The van der Waals surface area contributed by atoms with Gasteiger partial charge in [0.25, 0.3) is 0 Å². The first-order valence-corrected chi connectivity index (χ1v) is 8.54.